The van der Waals surface area contributed by atoms with Gasteiger partial charge in [0.15, 0.2) is 0 Å². The number of ether oxygens (including phenoxy) is 2. The van der Waals surface area contributed by atoms with Gasteiger partial charge in [-0.15, -0.1) is 0 Å². The molecule has 0 bridgehead atoms. The van der Waals surface area contributed by atoms with Gasteiger partial charge in [0.05, 0.1) is 24.1 Å². The van der Waals surface area contributed by atoms with Gasteiger partial charge in [-0.1, -0.05) is 29.8 Å². The van der Waals surface area contributed by atoms with Gasteiger partial charge in [-0.25, -0.2) is 0 Å². The van der Waals surface area contributed by atoms with Crippen molar-refractivity contribution in [2.75, 3.05) is 30.3 Å². The Morgan fingerprint density at radius 1 is 1.20 bits per heavy atom. The molecule has 3 heterocycles. The Kier molecular flexibility index (Phi) is 6.56. The van der Waals surface area contributed by atoms with E-state index in [4.69, 9.17) is 9.47 Å². The van der Waals surface area contributed by atoms with Gasteiger partial charge < -0.3 is 25.0 Å². The van der Waals surface area contributed by atoms with Crippen molar-refractivity contribution in [3.8, 4) is 11.5 Å². The number of para-hydroxylation sites is 2. The van der Waals surface area contributed by atoms with Crippen LogP contribution in [0.5, 0.6) is 11.5 Å². The Morgan fingerprint density at radius 3 is 2.89 bits per heavy atom. The fourth-order valence-corrected chi connectivity index (χ4v) is 4.31. The van der Waals surface area contributed by atoms with E-state index >= 15 is 0 Å². The highest BCUT2D eigenvalue weighted by atomic mass is 16.5. The molecule has 2 aliphatic rings. The van der Waals surface area contributed by atoms with Gasteiger partial charge in [0.2, 0.25) is 5.91 Å². The van der Waals surface area contributed by atoms with Crippen molar-refractivity contribution in [1.29, 1.82) is 0 Å². The first-order valence-electron chi connectivity index (χ1n) is 11.9. The van der Waals surface area contributed by atoms with Crippen LogP contribution in [0.2, 0.25) is 0 Å². The number of rotatable bonds is 6. The number of carbonyl (C=O) groups is 2. The van der Waals surface area contributed by atoms with E-state index in [2.05, 4.69) is 15.7 Å². The molecule has 3 aromatic rings. The molecule has 35 heavy (non-hydrogen) atoms. The van der Waals surface area contributed by atoms with Gasteiger partial charge in [-0.3, -0.25) is 14.3 Å². The zero-order valence-corrected chi connectivity index (χ0v) is 19.6. The summed E-state index contributed by atoms with van der Waals surface area (Å²) in [7, 11) is 0. The van der Waals surface area contributed by atoms with Crippen LogP contribution < -0.4 is 20.1 Å². The Labute approximate surface area is 204 Å². The van der Waals surface area contributed by atoms with Crippen LogP contribution in [0.3, 0.4) is 0 Å². The summed E-state index contributed by atoms with van der Waals surface area (Å²) in [6, 6.07) is 14.9. The number of hydrogen-bond acceptors (Lipinski definition) is 6. The number of anilines is 2. The first-order chi connectivity index (χ1) is 17.0. The standard InChI is InChI=1S/C26H29N5O4/c1-18-8-10-20(11-9-18)35-21-5-4-12-30(15-21)25(32)16-31-14-19(13-27-31)28-26(33)23-17-34-24-7-3-2-6-22(24)29-23/h2-3,6-11,13-14,21,23,29H,4-5,12,15-17H2,1H3,(H,28,33)/t21-,23?/m0/s1. The van der Waals surface area contributed by atoms with Crippen molar-refractivity contribution >= 4 is 23.2 Å². The lowest BCUT2D eigenvalue weighted by molar-refractivity contribution is -0.134. The third-order valence-electron chi connectivity index (χ3n) is 6.19. The number of hydrogen-bond donors (Lipinski definition) is 2. The van der Waals surface area contributed by atoms with Crippen LogP contribution in [0.4, 0.5) is 11.4 Å². The normalized spacial score (nSPS) is 19.2. The van der Waals surface area contributed by atoms with Crippen molar-refractivity contribution in [3.05, 3.63) is 66.5 Å². The quantitative estimate of drug-likeness (QED) is 0.569. The molecule has 1 aromatic heterocycles. The zero-order valence-electron chi connectivity index (χ0n) is 19.6. The van der Waals surface area contributed by atoms with Gasteiger partial charge >= 0.3 is 0 Å². The van der Waals surface area contributed by atoms with E-state index in [0.717, 1.165) is 30.0 Å². The van der Waals surface area contributed by atoms with Gasteiger partial charge in [-0.05, 0) is 44.0 Å². The van der Waals surface area contributed by atoms with E-state index in [0.29, 0.717) is 18.8 Å². The number of aryl methyl sites for hydroxylation is 1. The summed E-state index contributed by atoms with van der Waals surface area (Å²) in [5, 5.41) is 10.3. The number of amides is 2. The van der Waals surface area contributed by atoms with Crippen LogP contribution in [0.15, 0.2) is 60.9 Å². The van der Waals surface area contributed by atoms with Crippen LogP contribution in [-0.4, -0.2) is 58.3 Å². The summed E-state index contributed by atoms with van der Waals surface area (Å²) < 4.78 is 13.3. The molecule has 9 nitrogen and oxygen atoms in total. The summed E-state index contributed by atoms with van der Waals surface area (Å²) in [4.78, 5) is 27.4. The Balaban J connectivity index is 1.12. The van der Waals surface area contributed by atoms with Crippen LogP contribution >= 0.6 is 0 Å². The summed E-state index contributed by atoms with van der Waals surface area (Å²) in [6.07, 6.45) is 4.99. The number of nitrogens with zero attached hydrogens (tertiary/aromatic N) is 3. The van der Waals surface area contributed by atoms with Gasteiger partial charge in [0, 0.05) is 12.7 Å². The Bertz CT molecular complexity index is 1190. The predicted molar refractivity (Wildman–Crippen MR) is 132 cm³/mol. The predicted octanol–water partition coefficient (Wildman–Crippen LogP) is 3.07. The minimum atomic E-state index is -0.520. The topological polar surface area (TPSA) is 97.7 Å². The summed E-state index contributed by atoms with van der Waals surface area (Å²) in [6.45, 7) is 3.62. The molecule has 9 heteroatoms. The van der Waals surface area contributed by atoms with Crippen LogP contribution in [0, 0.1) is 6.92 Å². The van der Waals surface area contributed by atoms with Crippen LogP contribution in [-0.2, 0) is 16.1 Å². The van der Waals surface area contributed by atoms with Crippen molar-refractivity contribution < 1.29 is 19.1 Å². The molecule has 0 aliphatic carbocycles. The van der Waals surface area contributed by atoms with E-state index in [1.165, 1.54) is 5.56 Å². The summed E-state index contributed by atoms with van der Waals surface area (Å²) in [5.74, 6) is 1.30. The number of nitrogens with one attached hydrogen (secondary N) is 2. The maximum Gasteiger partial charge on any atom is 0.250 e. The zero-order chi connectivity index (χ0) is 24.2. The monoisotopic (exact) mass is 475 g/mol. The van der Waals surface area contributed by atoms with E-state index in [9.17, 15) is 9.59 Å². The number of likely N-dealkylation sites (tertiary alicyclic amines) is 1. The molecule has 182 valence electrons. The maximum absolute atomic E-state index is 12.9. The van der Waals surface area contributed by atoms with Crippen molar-refractivity contribution in [1.82, 2.24) is 14.7 Å². The lowest BCUT2D eigenvalue weighted by Gasteiger charge is -2.33. The van der Waals surface area contributed by atoms with E-state index in [1.807, 2.05) is 60.4 Å². The molecule has 1 saturated heterocycles. The highest BCUT2D eigenvalue weighted by Crippen LogP contribution is 2.28. The number of benzene rings is 2. The number of aromatic nitrogens is 2. The van der Waals surface area contributed by atoms with Gasteiger partial charge in [0.1, 0.15) is 36.8 Å². The van der Waals surface area contributed by atoms with Gasteiger partial charge in [-0.2, -0.15) is 5.10 Å². The molecule has 2 amide bonds. The molecule has 0 saturated carbocycles. The highest BCUT2D eigenvalue weighted by molar-refractivity contribution is 5.97. The molecule has 1 unspecified atom stereocenters. The Hall–Kier alpha value is -4.01. The summed E-state index contributed by atoms with van der Waals surface area (Å²) >= 11 is 0. The molecular weight excluding hydrogens is 446 g/mol. The largest absolute Gasteiger partial charge is 0.489 e. The smallest absolute Gasteiger partial charge is 0.250 e. The molecule has 0 spiro atoms. The number of piperidine rings is 1. The molecule has 2 atom stereocenters. The fraction of sp³-hybridized carbons (Fsp3) is 0.346. The highest BCUT2D eigenvalue weighted by Gasteiger charge is 2.27. The van der Waals surface area contributed by atoms with Crippen LogP contribution in [0.1, 0.15) is 18.4 Å². The van der Waals surface area contributed by atoms with Gasteiger partial charge in [0.25, 0.3) is 5.91 Å². The average molecular weight is 476 g/mol. The van der Waals surface area contributed by atoms with Crippen LogP contribution in [0.25, 0.3) is 0 Å². The second-order valence-electron chi connectivity index (χ2n) is 8.95. The number of fused-ring (bicyclic) bond motifs is 1. The van der Waals surface area contributed by atoms with E-state index in [-0.39, 0.29) is 31.1 Å². The third-order valence-corrected chi connectivity index (χ3v) is 6.19. The average Bonchev–Trinajstić information content (AvgIpc) is 3.31. The van der Waals surface area contributed by atoms with Crippen molar-refractivity contribution in [3.63, 3.8) is 0 Å². The second kappa shape index (κ2) is 10.1. The Morgan fingerprint density at radius 2 is 2.03 bits per heavy atom. The molecular formula is C26H29N5O4. The molecule has 2 aliphatic heterocycles. The SMILES string of the molecule is Cc1ccc(O[C@H]2CCCN(C(=O)Cn3cc(NC(=O)C4COc5ccccc5N4)cn3)C2)cc1. The minimum absolute atomic E-state index is 0.0258. The summed E-state index contributed by atoms with van der Waals surface area (Å²) in [5.41, 5.74) is 2.50. The second-order valence-corrected chi connectivity index (χ2v) is 8.95. The molecule has 0 radical (unpaired) electrons. The minimum Gasteiger partial charge on any atom is -0.489 e. The lowest BCUT2D eigenvalue weighted by atomic mass is 10.1. The van der Waals surface area contributed by atoms with E-state index in [1.54, 1.807) is 17.1 Å². The first kappa shape index (κ1) is 22.8. The molecule has 2 aromatic carbocycles. The molecule has 1 fully saturated rings. The fourth-order valence-electron chi connectivity index (χ4n) is 4.31. The van der Waals surface area contributed by atoms with Crippen molar-refractivity contribution in [2.24, 2.45) is 0 Å². The van der Waals surface area contributed by atoms with E-state index < -0.39 is 6.04 Å². The third kappa shape index (κ3) is 5.56. The number of carbonyl (C=O) groups excluding carboxylic acids is 2. The first-order valence-corrected chi connectivity index (χ1v) is 11.9. The molecule has 2 N–H and O–H groups in total. The molecule has 5 rings (SSSR count). The maximum atomic E-state index is 12.9. The van der Waals surface area contributed by atoms with Crippen molar-refractivity contribution in [2.45, 2.75) is 38.5 Å². The lowest BCUT2D eigenvalue weighted by Crippen LogP contribution is -2.45.